The van der Waals surface area contributed by atoms with Crippen molar-refractivity contribution in [3.63, 3.8) is 0 Å². The maximum atomic E-state index is 3.68. The van der Waals surface area contributed by atoms with Gasteiger partial charge in [0.2, 0.25) is 0 Å². The summed E-state index contributed by atoms with van der Waals surface area (Å²) in [6.45, 7) is 15.5. The predicted octanol–water partition coefficient (Wildman–Crippen LogP) is 3.67. The summed E-state index contributed by atoms with van der Waals surface area (Å²) in [7, 11) is 0. The maximum Gasteiger partial charge on any atom is 0.0192 e. The van der Waals surface area contributed by atoms with Gasteiger partial charge in [0.25, 0.3) is 0 Å². The zero-order valence-electron chi connectivity index (χ0n) is 13.3. The number of nitrogens with one attached hydrogen (secondary N) is 1. The molecule has 18 heavy (non-hydrogen) atoms. The molecular weight excluding hydrogens is 220 g/mol. The van der Waals surface area contributed by atoms with Crippen LogP contribution in [0.2, 0.25) is 0 Å². The summed E-state index contributed by atoms with van der Waals surface area (Å²) < 4.78 is 0. The molecule has 1 N–H and O–H groups in total. The van der Waals surface area contributed by atoms with Gasteiger partial charge < -0.3 is 5.32 Å². The van der Waals surface area contributed by atoms with Crippen molar-refractivity contribution in [2.45, 2.75) is 78.8 Å². The number of hydrogen-bond acceptors (Lipinski definition) is 2. The van der Waals surface area contributed by atoms with E-state index in [9.17, 15) is 0 Å². The van der Waals surface area contributed by atoms with Crippen LogP contribution in [0.1, 0.15) is 66.7 Å². The molecule has 1 rings (SSSR count). The molecule has 0 aromatic rings. The van der Waals surface area contributed by atoms with E-state index in [1.165, 1.54) is 45.2 Å². The minimum Gasteiger partial charge on any atom is -0.313 e. The van der Waals surface area contributed by atoms with E-state index in [1.54, 1.807) is 0 Å². The highest BCUT2D eigenvalue weighted by Gasteiger charge is 2.25. The van der Waals surface area contributed by atoms with Gasteiger partial charge in [-0.3, -0.25) is 4.90 Å². The summed E-state index contributed by atoms with van der Waals surface area (Å²) in [5.74, 6) is 0. The highest BCUT2D eigenvalue weighted by Crippen LogP contribution is 2.30. The van der Waals surface area contributed by atoms with Crippen molar-refractivity contribution >= 4 is 0 Å². The van der Waals surface area contributed by atoms with Crippen LogP contribution >= 0.6 is 0 Å². The molecule has 1 fully saturated rings. The molecule has 2 nitrogen and oxygen atoms in total. The second-order valence-corrected chi connectivity index (χ2v) is 7.00. The first-order chi connectivity index (χ1) is 8.44. The lowest BCUT2D eigenvalue weighted by Crippen LogP contribution is -2.43. The van der Waals surface area contributed by atoms with Gasteiger partial charge in [0.1, 0.15) is 0 Å². The van der Waals surface area contributed by atoms with Gasteiger partial charge in [-0.25, -0.2) is 0 Å². The Morgan fingerprint density at radius 1 is 1.17 bits per heavy atom. The molecule has 2 atom stereocenters. The molecule has 1 heterocycles. The number of hydrogen-bond donors (Lipinski definition) is 1. The first-order valence-electron chi connectivity index (χ1n) is 7.92. The van der Waals surface area contributed by atoms with E-state index in [0.717, 1.165) is 6.54 Å². The fourth-order valence-corrected chi connectivity index (χ4v) is 2.92. The Labute approximate surface area is 115 Å². The minimum atomic E-state index is 0.553. The summed E-state index contributed by atoms with van der Waals surface area (Å²) in [6, 6.07) is 1.35. The van der Waals surface area contributed by atoms with Crippen molar-refractivity contribution in [1.29, 1.82) is 0 Å². The van der Waals surface area contributed by atoms with Gasteiger partial charge in [0, 0.05) is 18.6 Å². The fraction of sp³-hybridized carbons (Fsp3) is 1.00. The average molecular weight is 254 g/mol. The second-order valence-electron chi connectivity index (χ2n) is 7.00. The molecule has 0 amide bonds. The van der Waals surface area contributed by atoms with Crippen LogP contribution in [0.4, 0.5) is 0 Å². The summed E-state index contributed by atoms with van der Waals surface area (Å²) in [5.41, 5.74) is 0.553. The molecule has 108 valence electrons. The molecule has 0 aromatic carbocycles. The van der Waals surface area contributed by atoms with E-state index >= 15 is 0 Å². The van der Waals surface area contributed by atoms with Crippen LogP contribution < -0.4 is 5.32 Å². The molecule has 2 heteroatoms. The Kier molecular flexibility index (Phi) is 6.65. The lowest BCUT2D eigenvalue weighted by molar-refractivity contribution is 0.199. The summed E-state index contributed by atoms with van der Waals surface area (Å²) in [6.07, 6.45) is 6.67. The Morgan fingerprint density at radius 3 is 2.56 bits per heavy atom. The molecular formula is C16H34N2. The maximum absolute atomic E-state index is 3.68. The van der Waals surface area contributed by atoms with Crippen LogP contribution in [-0.4, -0.2) is 36.6 Å². The highest BCUT2D eigenvalue weighted by atomic mass is 15.2. The first kappa shape index (κ1) is 16.0. The molecule has 2 unspecified atom stereocenters. The van der Waals surface area contributed by atoms with Crippen molar-refractivity contribution in [1.82, 2.24) is 10.2 Å². The van der Waals surface area contributed by atoms with E-state index < -0.39 is 0 Å². The van der Waals surface area contributed by atoms with Gasteiger partial charge in [0.15, 0.2) is 0 Å². The molecule has 1 saturated heterocycles. The summed E-state index contributed by atoms with van der Waals surface area (Å²) in [4.78, 5) is 2.68. The molecule has 0 radical (unpaired) electrons. The minimum absolute atomic E-state index is 0.553. The van der Waals surface area contributed by atoms with E-state index in [0.29, 0.717) is 17.5 Å². The molecule has 0 spiro atoms. The standard InChI is InChI=1S/C16H34N2/c1-6-8-14(2)17-13-15(3)18-11-7-9-16(4,5)10-12-18/h14-15,17H,6-13H2,1-5H3. The Morgan fingerprint density at radius 2 is 1.89 bits per heavy atom. The number of likely N-dealkylation sites (tertiary alicyclic amines) is 1. The molecule has 0 aromatic heterocycles. The zero-order chi connectivity index (χ0) is 13.6. The smallest absolute Gasteiger partial charge is 0.0192 e. The van der Waals surface area contributed by atoms with E-state index in [1.807, 2.05) is 0 Å². The Bertz CT molecular complexity index is 225. The SMILES string of the molecule is CCCC(C)NCC(C)N1CCCC(C)(C)CC1. The van der Waals surface area contributed by atoms with Gasteiger partial charge in [-0.05, 0) is 58.0 Å². The molecule has 1 aliphatic rings. The average Bonchev–Trinajstić information content (AvgIpc) is 2.47. The van der Waals surface area contributed by atoms with Crippen molar-refractivity contribution in [2.24, 2.45) is 5.41 Å². The van der Waals surface area contributed by atoms with E-state index in [-0.39, 0.29) is 0 Å². The van der Waals surface area contributed by atoms with Gasteiger partial charge in [0.05, 0.1) is 0 Å². The predicted molar refractivity (Wildman–Crippen MR) is 81.0 cm³/mol. The van der Waals surface area contributed by atoms with Gasteiger partial charge >= 0.3 is 0 Å². The number of nitrogens with zero attached hydrogens (tertiary/aromatic N) is 1. The van der Waals surface area contributed by atoms with Crippen LogP contribution in [0.25, 0.3) is 0 Å². The van der Waals surface area contributed by atoms with Crippen molar-refractivity contribution < 1.29 is 0 Å². The largest absolute Gasteiger partial charge is 0.313 e. The van der Waals surface area contributed by atoms with Crippen LogP contribution in [-0.2, 0) is 0 Å². The van der Waals surface area contributed by atoms with Gasteiger partial charge in [-0.2, -0.15) is 0 Å². The second kappa shape index (κ2) is 7.49. The molecule has 0 saturated carbocycles. The molecule has 0 aliphatic carbocycles. The third-order valence-electron chi connectivity index (χ3n) is 4.48. The Balaban J connectivity index is 2.30. The van der Waals surface area contributed by atoms with Gasteiger partial charge in [-0.15, -0.1) is 0 Å². The van der Waals surface area contributed by atoms with E-state index in [2.05, 4.69) is 44.8 Å². The topological polar surface area (TPSA) is 15.3 Å². The van der Waals surface area contributed by atoms with Crippen molar-refractivity contribution in [3.05, 3.63) is 0 Å². The van der Waals surface area contributed by atoms with Crippen LogP contribution in [0.15, 0.2) is 0 Å². The highest BCUT2D eigenvalue weighted by molar-refractivity contribution is 4.80. The third kappa shape index (κ3) is 5.71. The lowest BCUT2D eigenvalue weighted by Gasteiger charge is -2.29. The van der Waals surface area contributed by atoms with Crippen LogP contribution in [0.5, 0.6) is 0 Å². The zero-order valence-corrected chi connectivity index (χ0v) is 13.3. The lowest BCUT2D eigenvalue weighted by atomic mass is 9.85. The first-order valence-corrected chi connectivity index (χ1v) is 7.92. The van der Waals surface area contributed by atoms with Crippen LogP contribution in [0, 0.1) is 5.41 Å². The number of rotatable bonds is 6. The van der Waals surface area contributed by atoms with Crippen molar-refractivity contribution in [2.75, 3.05) is 19.6 Å². The van der Waals surface area contributed by atoms with E-state index in [4.69, 9.17) is 0 Å². The van der Waals surface area contributed by atoms with Crippen molar-refractivity contribution in [3.8, 4) is 0 Å². The monoisotopic (exact) mass is 254 g/mol. The Hall–Kier alpha value is -0.0800. The molecule has 0 bridgehead atoms. The quantitative estimate of drug-likeness (QED) is 0.778. The fourth-order valence-electron chi connectivity index (χ4n) is 2.92. The molecule has 1 aliphatic heterocycles. The third-order valence-corrected chi connectivity index (χ3v) is 4.48. The summed E-state index contributed by atoms with van der Waals surface area (Å²) in [5, 5.41) is 3.68. The van der Waals surface area contributed by atoms with Gasteiger partial charge in [-0.1, -0.05) is 27.2 Å². The summed E-state index contributed by atoms with van der Waals surface area (Å²) >= 11 is 0. The normalized spacial score (nSPS) is 24.5. The van der Waals surface area contributed by atoms with Crippen LogP contribution in [0.3, 0.4) is 0 Å².